The van der Waals surface area contributed by atoms with Crippen molar-refractivity contribution < 1.29 is 14.2 Å². The van der Waals surface area contributed by atoms with Crippen LogP contribution in [0.5, 0.6) is 5.75 Å². The molecule has 3 N–H and O–H groups in total. The topological polar surface area (TPSA) is 55.5 Å². The first kappa shape index (κ1) is 10.9. The maximum atomic E-state index is 12.8. The highest BCUT2D eigenvalue weighted by molar-refractivity contribution is 5.36. The fourth-order valence-electron chi connectivity index (χ4n) is 1.22. The molecule has 3 nitrogen and oxygen atoms in total. The Kier molecular flexibility index (Phi) is 3.43. The molecule has 0 saturated carbocycles. The third-order valence-electron chi connectivity index (χ3n) is 2.07. The summed E-state index contributed by atoms with van der Waals surface area (Å²) in [4.78, 5) is 0. The number of aliphatic hydroxyl groups is 1. The molecule has 0 aliphatic carbocycles. The van der Waals surface area contributed by atoms with Gasteiger partial charge in [-0.25, -0.2) is 4.39 Å². The number of hydrogen-bond acceptors (Lipinski definition) is 3. The molecule has 0 unspecified atom stereocenters. The smallest absolute Gasteiger partial charge is 0.126 e. The van der Waals surface area contributed by atoms with Crippen molar-refractivity contribution in [1.82, 2.24) is 0 Å². The molecule has 4 heteroatoms. The van der Waals surface area contributed by atoms with Gasteiger partial charge in [0.2, 0.25) is 0 Å². The molecule has 0 spiro atoms. The summed E-state index contributed by atoms with van der Waals surface area (Å²) in [5, 5.41) is 9.29. The monoisotopic (exact) mass is 199 g/mol. The Morgan fingerprint density at radius 3 is 2.64 bits per heavy atom. The Hall–Kier alpha value is -1.13. The van der Waals surface area contributed by atoms with Gasteiger partial charge in [0.25, 0.3) is 0 Å². The SMILES string of the molecule is COc1cc(F)ccc1[C@H](N)[C@H](C)O. The van der Waals surface area contributed by atoms with Gasteiger partial charge < -0.3 is 15.6 Å². The molecule has 0 aromatic heterocycles. The van der Waals surface area contributed by atoms with Crippen LogP contribution in [0.2, 0.25) is 0 Å². The first-order chi connectivity index (χ1) is 6.56. The van der Waals surface area contributed by atoms with Gasteiger partial charge in [0.05, 0.1) is 19.3 Å². The van der Waals surface area contributed by atoms with E-state index in [1.54, 1.807) is 6.92 Å². The van der Waals surface area contributed by atoms with Crippen LogP contribution < -0.4 is 10.5 Å². The molecule has 0 bridgehead atoms. The Balaban J connectivity index is 3.07. The van der Waals surface area contributed by atoms with E-state index in [9.17, 15) is 9.50 Å². The zero-order valence-corrected chi connectivity index (χ0v) is 8.20. The predicted molar refractivity (Wildman–Crippen MR) is 51.6 cm³/mol. The number of rotatable bonds is 3. The Labute approximate surface area is 82.3 Å². The molecule has 78 valence electrons. The molecule has 2 atom stereocenters. The highest BCUT2D eigenvalue weighted by Crippen LogP contribution is 2.26. The van der Waals surface area contributed by atoms with E-state index in [0.717, 1.165) is 0 Å². The molecule has 0 radical (unpaired) electrons. The van der Waals surface area contributed by atoms with Crippen molar-refractivity contribution in [3.63, 3.8) is 0 Å². The van der Waals surface area contributed by atoms with Crippen LogP contribution in [-0.4, -0.2) is 18.3 Å². The lowest BCUT2D eigenvalue weighted by Crippen LogP contribution is -2.23. The number of hydrogen-bond donors (Lipinski definition) is 2. The summed E-state index contributed by atoms with van der Waals surface area (Å²) in [7, 11) is 1.44. The van der Waals surface area contributed by atoms with Crippen LogP contribution >= 0.6 is 0 Å². The number of aliphatic hydroxyl groups excluding tert-OH is 1. The predicted octanol–water partition coefficient (Wildman–Crippen LogP) is 1.21. The molecule has 0 aliphatic rings. The number of ether oxygens (including phenoxy) is 1. The lowest BCUT2D eigenvalue weighted by molar-refractivity contribution is 0.162. The zero-order chi connectivity index (χ0) is 10.7. The maximum Gasteiger partial charge on any atom is 0.126 e. The van der Waals surface area contributed by atoms with Crippen LogP contribution in [0.1, 0.15) is 18.5 Å². The summed E-state index contributed by atoms with van der Waals surface area (Å²) in [5.74, 6) is -0.0261. The third-order valence-corrected chi connectivity index (χ3v) is 2.07. The van der Waals surface area contributed by atoms with E-state index in [2.05, 4.69) is 0 Å². The largest absolute Gasteiger partial charge is 0.496 e. The first-order valence-electron chi connectivity index (χ1n) is 4.33. The average Bonchev–Trinajstić information content (AvgIpc) is 2.16. The summed E-state index contributed by atoms with van der Waals surface area (Å²) in [5.41, 5.74) is 6.31. The number of nitrogens with two attached hydrogens (primary N) is 1. The van der Waals surface area contributed by atoms with Crippen molar-refractivity contribution in [2.75, 3.05) is 7.11 Å². The number of benzene rings is 1. The molecule has 14 heavy (non-hydrogen) atoms. The second kappa shape index (κ2) is 4.39. The summed E-state index contributed by atoms with van der Waals surface area (Å²) >= 11 is 0. The van der Waals surface area contributed by atoms with Gasteiger partial charge >= 0.3 is 0 Å². The molecule has 1 aromatic rings. The molecule has 0 saturated heterocycles. The molecule has 0 fully saturated rings. The molecular weight excluding hydrogens is 185 g/mol. The highest BCUT2D eigenvalue weighted by Gasteiger charge is 2.16. The minimum Gasteiger partial charge on any atom is -0.496 e. The van der Waals surface area contributed by atoms with Crippen LogP contribution in [-0.2, 0) is 0 Å². The van der Waals surface area contributed by atoms with Crippen molar-refractivity contribution in [2.24, 2.45) is 5.73 Å². The lowest BCUT2D eigenvalue weighted by atomic mass is 10.0. The Morgan fingerprint density at radius 2 is 2.14 bits per heavy atom. The van der Waals surface area contributed by atoms with E-state index in [4.69, 9.17) is 10.5 Å². The van der Waals surface area contributed by atoms with Gasteiger partial charge in [0.1, 0.15) is 11.6 Å². The first-order valence-corrected chi connectivity index (χ1v) is 4.33. The second-order valence-corrected chi connectivity index (χ2v) is 3.15. The molecule has 0 amide bonds. The van der Waals surface area contributed by atoms with Gasteiger partial charge in [-0.1, -0.05) is 6.07 Å². The van der Waals surface area contributed by atoms with Crippen molar-refractivity contribution in [1.29, 1.82) is 0 Å². The lowest BCUT2D eigenvalue weighted by Gasteiger charge is -2.17. The van der Waals surface area contributed by atoms with Crippen LogP contribution in [0, 0.1) is 5.82 Å². The van der Waals surface area contributed by atoms with Crippen LogP contribution in [0.25, 0.3) is 0 Å². The Morgan fingerprint density at radius 1 is 1.50 bits per heavy atom. The summed E-state index contributed by atoms with van der Waals surface area (Å²) in [6.07, 6.45) is -0.700. The Bertz CT molecular complexity index is 315. The normalized spacial score (nSPS) is 14.9. The van der Waals surface area contributed by atoms with E-state index in [-0.39, 0.29) is 5.82 Å². The quantitative estimate of drug-likeness (QED) is 0.769. The average molecular weight is 199 g/mol. The maximum absolute atomic E-state index is 12.8. The van der Waals surface area contributed by atoms with Gasteiger partial charge in [-0.2, -0.15) is 0 Å². The summed E-state index contributed by atoms with van der Waals surface area (Å²) in [6.45, 7) is 1.58. The minimum absolute atomic E-state index is 0.360. The molecule has 1 rings (SSSR count). The van der Waals surface area contributed by atoms with E-state index < -0.39 is 12.1 Å². The van der Waals surface area contributed by atoms with Crippen molar-refractivity contribution in [2.45, 2.75) is 19.1 Å². The molecule has 0 heterocycles. The highest BCUT2D eigenvalue weighted by atomic mass is 19.1. The molecule has 0 aliphatic heterocycles. The minimum atomic E-state index is -0.700. The van der Waals surface area contributed by atoms with Gasteiger partial charge in [-0.3, -0.25) is 0 Å². The van der Waals surface area contributed by atoms with Crippen molar-refractivity contribution >= 4 is 0 Å². The number of halogens is 1. The van der Waals surface area contributed by atoms with Gasteiger partial charge in [-0.05, 0) is 13.0 Å². The number of methoxy groups -OCH3 is 1. The summed E-state index contributed by atoms with van der Waals surface area (Å²) in [6, 6.07) is 3.49. The van der Waals surface area contributed by atoms with E-state index in [1.807, 2.05) is 0 Å². The molecule has 1 aromatic carbocycles. The van der Waals surface area contributed by atoms with Crippen molar-refractivity contribution in [3.05, 3.63) is 29.6 Å². The van der Waals surface area contributed by atoms with E-state index >= 15 is 0 Å². The van der Waals surface area contributed by atoms with Crippen LogP contribution in [0.4, 0.5) is 4.39 Å². The van der Waals surface area contributed by atoms with Crippen molar-refractivity contribution in [3.8, 4) is 5.75 Å². The fourth-order valence-corrected chi connectivity index (χ4v) is 1.22. The second-order valence-electron chi connectivity index (χ2n) is 3.15. The van der Waals surface area contributed by atoms with E-state index in [1.165, 1.54) is 25.3 Å². The van der Waals surface area contributed by atoms with Crippen LogP contribution in [0.15, 0.2) is 18.2 Å². The fraction of sp³-hybridized carbons (Fsp3) is 0.400. The van der Waals surface area contributed by atoms with Gasteiger partial charge in [-0.15, -0.1) is 0 Å². The van der Waals surface area contributed by atoms with Crippen LogP contribution in [0.3, 0.4) is 0 Å². The van der Waals surface area contributed by atoms with Gasteiger partial charge in [0.15, 0.2) is 0 Å². The van der Waals surface area contributed by atoms with E-state index in [0.29, 0.717) is 11.3 Å². The molecular formula is C10H14FNO2. The standard InChI is InChI=1S/C10H14FNO2/c1-6(13)10(12)8-4-3-7(11)5-9(8)14-2/h3-6,10,13H,12H2,1-2H3/t6-,10+/m0/s1. The van der Waals surface area contributed by atoms with Gasteiger partial charge in [0, 0.05) is 11.6 Å². The summed E-state index contributed by atoms with van der Waals surface area (Å²) < 4.78 is 17.8. The zero-order valence-electron chi connectivity index (χ0n) is 8.20. The third kappa shape index (κ3) is 2.21.